The number of hydrogen-bond donors (Lipinski definition) is 1. The van der Waals surface area contributed by atoms with Crippen LogP contribution < -0.4 is 10.5 Å². The number of benzene rings is 1. The van der Waals surface area contributed by atoms with Crippen LogP contribution in [0.5, 0.6) is 0 Å². The lowest BCUT2D eigenvalue weighted by Gasteiger charge is -2.28. The van der Waals surface area contributed by atoms with Crippen LogP contribution in [0.1, 0.15) is 23.6 Å². The van der Waals surface area contributed by atoms with Crippen molar-refractivity contribution in [3.63, 3.8) is 0 Å². The van der Waals surface area contributed by atoms with Gasteiger partial charge in [0.25, 0.3) is 5.56 Å². The summed E-state index contributed by atoms with van der Waals surface area (Å²) in [6.45, 7) is 0.262. The summed E-state index contributed by atoms with van der Waals surface area (Å²) in [7, 11) is 1.60. The predicted molar refractivity (Wildman–Crippen MR) is 83.8 cm³/mol. The maximum Gasteiger partial charge on any atom is 0.416 e. The zero-order valence-corrected chi connectivity index (χ0v) is 13.0. The fraction of sp³-hybridized carbons (Fsp3) is 0.353. The summed E-state index contributed by atoms with van der Waals surface area (Å²) in [6, 6.07) is 9.43. The van der Waals surface area contributed by atoms with Crippen LogP contribution in [0.2, 0.25) is 0 Å². The van der Waals surface area contributed by atoms with Crippen molar-refractivity contribution in [1.29, 1.82) is 0 Å². The first kappa shape index (κ1) is 16.6. The predicted octanol–water partition coefficient (Wildman–Crippen LogP) is 2.72. The first-order valence-corrected chi connectivity index (χ1v) is 7.55. The highest BCUT2D eigenvalue weighted by atomic mass is 19.4. The molecule has 1 aliphatic heterocycles. The number of alkyl halides is 3. The van der Waals surface area contributed by atoms with Gasteiger partial charge in [0.05, 0.1) is 17.7 Å². The highest BCUT2D eigenvalue weighted by molar-refractivity contribution is 5.46. The van der Waals surface area contributed by atoms with Crippen LogP contribution in [-0.4, -0.2) is 22.3 Å². The Kier molecular flexibility index (Phi) is 4.13. The molecule has 4 nitrogen and oxygen atoms in total. The van der Waals surface area contributed by atoms with Crippen molar-refractivity contribution in [2.75, 3.05) is 11.4 Å². The molecule has 2 heterocycles. The molecule has 0 amide bonds. The van der Waals surface area contributed by atoms with E-state index in [0.717, 1.165) is 12.1 Å². The molecule has 2 atom stereocenters. The summed E-state index contributed by atoms with van der Waals surface area (Å²) >= 11 is 0. The molecule has 1 aromatic carbocycles. The molecule has 128 valence electrons. The number of rotatable bonds is 2. The van der Waals surface area contributed by atoms with Crippen LogP contribution in [0.15, 0.2) is 47.3 Å². The number of halogens is 3. The van der Waals surface area contributed by atoms with Gasteiger partial charge in [0.2, 0.25) is 0 Å². The van der Waals surface area contributed by atoms with E-state index in [1.165, 1.54) is 16.7 Å². The number of aromatic nitrogens is 1. The van der Waals surface area contributed by atoms with Crippen LogP contribution >= 0.6 is 0 Å². The summed E-state index contributed by atoms with van der Waals surface area (Å²) in [4.78, 5) is 13.6. The van der Waals surface area contributed by atoms with E-state index in [1.54, 1.807) is 30.1 Å². The van der Waals surface area contributed by atoms with Crippen LogP contribution in [0.3, 0.4) is 0 Å². The van der Waals surface area contributed by atoms with E-state index in [4.69, 9.17) is 0 Å². The maximum atomic E-state index is 13.0. The molecule has 0 spiro atoms. The number of anilines is 1. The second-order valence-corrected chi connectivity index (χ2v) is 5.96. The van der Waals surface area contributed by atoms with Crippen molar-refractivity contribution in [3.8, 4) is 0 Å². The van der Waals surface area contributed by atoms with Gasteiger partial charge in [-0.1, -0.05) is 18.2 Å². The lowest BCUT2D eigenvalue weighted by atomic mass is 10.0. The number of β-amino-alcohol motifs (C(OH)–C–C–N with tert-alkyl or cyclic N) is 1. The molecular formula is C17H17F3N2O2. The van der Waals surface area contributed by atoms with Crippen LogP contribution in [0, 0.1) is 0 Å². The smallest absolute Gasteiger partial charge is 0.391 e. The topological polar surface area (TPSA) is 45.5 Å². The van der Waals surface area contributed by atoms with Gasteiger partial charge in [0, 0.05) is 19.7 Å². The third-order valence-electron chi connectivity index (χ3n) is 4.33. The van der Waals surface area contributed by atoms with Crippen molar-refractivity contribution >= 4 is 5.82 Å². The average molecular weight is 338 g/mol. The lowest BCUT2D eigenvalue weighted by Crippen LogP contribution is -2.30. The third kappa shape index (κ3) is 3.03. The highest BCUT2D eigenvalue weighted by Gasteiger charge is 2.36. The molecule has 0 aliphatic carbocycles. The van der Waals surface area contributed by atoms with E-state index < -0.39 is 23.9 Å². The minimum absolute atomic E-state index is 0.211. The number of aliphatic hydroxyl groups excluding tert-OH is 1. The molecule has 0 bridgehead atoms. The van der Waals surface area contributed by atoms with Gasteiger partial charge < -0.3 is 10.0 Å². The maximum absolute atomic E-state index is 13.0. The first-order valence-electron chi connectivity index (χ1n) is 7.55. The molecule has 0 saturated carbocycles. The van der Waals surface area contributed by atoms with Gasteiger partial charge in [-0.15, -0.1) is 0 Å². The Morgan fingerprint density at radius 2 is 1.88 bits per heavy atom. The molecule has 3 rings (SSSR count). The molecule has 7 heteroatoms. The van der Waals surface area contributed by atoms with E-state index in [0.29, 0.717) is 17.8 Å². The Morgan fingerprint density at radius 3 is 2.58 bits per heavy atom. The van der Waals surface area contributed by atoms with Crippen LogP contribution in [0.4, 0.5) is 19.0 Å². The zero-order chi connectivity index (χ0) is 17.5. The first-order chi connectivity index (χ1) is 11.3. The van der Waals surface area contributed by atoms with Gasteiger partial charge in [-0.3, -0.25) is 9.36 Å². The third-order valence-corrected chi connectivity index (χ3v) is 4.33. The molecule has 2 unspecified atom stereocenters. The van der Waals surface area contributed by atoms with E-state index in [-0.39, 0.29) is 12.1 Å². The lowest BCUT2D eigenvalue weighted by molar-refractivity contribution is -0.137. The Balaban J connectivity index is 2.03. The van der Waals surface area contributed by atoms with Gasteiger partial charge in [-0.05, 0) is 30.2 Å². The van der Waals surface area contributed by atoms with Crippen molar-refractivity contribution in [1.82, 2.24) is 4.57 Å². The molecule has 2 aromatic rings. The average Bonchev–Trinajstić information content (AvgIpc) is 2.91. The monoisotopic (exact) mass is 338 g/mol. The largest absolute Gasteiger partial charge is 0.416 e. The van der Waals surface area contributed by atoms with Gasteiger partial charge >= 0.3 is 6.18 Å². The molecule has 1 N–H and O–H groups in total. The molecule has 0 radical (unpaired) electrons. The van der Waals surface area contributed by atoms with Crippen LogP contribution in [0.25, 0.3) is 0 Å². The molecule has 24 heavy (non-hydrogen) atoms. The minimum atomic E-state index is -4.42. The Bertz CT molecular complexity index is 801. The van der Waals surface area contributed by atoms with Gasteiger partial charge in [0.15, 0.2) is 0 Å². The van der Waals surface area contributed by atoms with Gasteiger partial charge in [-0.2, -0.15) is 13.2 Å². The van der Waals surface area contributed by atoms with E-state index in [1.807, 2.05) is 0 Å². The SMILES string of the molecule is Cn1c(N2CC(O)CC2c2cccc(C(F)(F)F)c2)cccc1=O. The number of aliphatic hydroxyl groups is 1. The van der Waals surface area contributed by atoms with Crippen molar-refractivity contribution < 1.29 is 18.3 Å². The second-order valence-electron chi connectivity index (χ2n) is 5.96. The molecule has 1 aliphatic rings. The molecule has 1 aromatic heterocycles. The fourth-order valence-corrected chi connectivity index (χ4v) is 3.15. The van der Waals surface area contributed by atoms with E-state index in [2.05, 4.69) is 0 Å². The summed E-state index contributed by atoms with van der Waals surface area (Å²) in [5.74, 6) is 0.571. The Morgan fingerprint density at radius 1 is 1.17 bits per heavy atom. The summed E-state index contributed by atoms with van der Waals surface area (Å²) in [5, 5.41) is 10.0. The second kappa shape index (κ2) is 5.98. The zero-order valence-electron chi connectivity index (χ0n) is 13.0. The van der Waals surface area contributed by atoms with Gasteiger partial charge in [-0.25, -0.2) is 0 Å². The minimum Gasteiger partial charge on any atom is -0.391 e. The summed E-state index contributed by atoms with van der Waals surface area (Å²) < 4.78 is 40.3. The number of nitrogens with zero attached hydrogens (tertiary/aromatic N) is 2. The summed E-state index contributed by atoms with van der Waals surface area (Å²) in [5.41, 5.74) is -0.461. The number of hydrogen-bond acceptors (Lipinski definition) is 3. The van der Waals surface area contributed by atoms with Gasteiger partial charge in [0.1, 0.15) is 5.82 Å². The van der Waals surface area contributed by atoms with Crippen molar-refractivity contribution in [2.45, 2.75) is 24.7 Å². The number of pyridine rings is 1. The molecular weight excluding hydrogens is 321 g/mol. The van der Waals surface area contributed by atoms with Crippen LogP contribution in [-0.2, 0) is 13.2 Å². The molecule has 1 saturated heterocycles. The van der Waals surface area contributed by atoms with E-state index >= 15 is 0 Å². The Hall–Kier alpha value is -2.28. The highest BCUT2D eigenvalue weighted by Crippen LogP contribution is 2.38. The van der Waals surface area contributed by atoms with Crippen molar-refractivity contribution in [3.05, 3.63) is 63.9 Å². The van der Waals surface area contributed by atoms with E-state index in [9.17, 15) is 23.1 Å². The normalized spacial score (nSPS) is 21.3. The standard InChI is InChI=1S/C17H17F3N2O2/c1-21-15(6-3-7-16(21)24)22-10-13(23)9-14(22)11-4-2-5-12(8-11)17(18,19)20/h2-8,13-14,23H,9-10H2,1H3. The summed E-state index contributed by atoms with van der Waals surface area (Å²) in [6.07, 6.45) is -4.78. The Labute approximate surface area is 136 Å². The molecule has 1 fully saturated rings. The quantitative estimate of drug-likeness (QED) is 0.916. The fourth-order valence-electron chi connectivity index (χ4n) is 3.15. The van der Waals surface area contributed by atoms with Crippen molar-refractivity contribution in [2.24, 2.45) is 7.05 Å².